The van der Waals surface area contributed by atoms with Gasteiger partial charge in [0.2, 0.25) is 11.8 Å². The molecule has 9 nitrogen and oxygen atoms in total. The van der Waals surface area contributed by atoms with Crippen molar-refractivity contribution in [1.82, 2.24) is 20.9 Å². The van der Waals surface area contributed by atoms with E-state index in [1.54, 1.807) is 12.1 Å². The molecule has 2 aromatic rings. The number of fused-ring (bicyclic) bond motifs is 1. The number of amides is 2. The average Bonchev–Trinajstić information content (AvgIpc) is 3.00. The molecule has 1 saturated carbocycles. The fourth-order valence-electron chi connectivity index (χ4n) is 7.10. The molecule has 0 aromatic heterocycles. The van der Waals surface area contributed by atoms with Crippen LogP contribution < -0.4 is 16.0 Å². The van der Waals surface area contributed by atoms with E-state index in [0.717, 1.165) is 37.5 Å². The minimum Gasteiger partial charge on any atom is -0.390 e. The molecule has 1 aliphatic carbocycles. The zero-order valence-electron chi connectivity index (χ0n) is 29.3. The van der Waals surface area contributed by atoms with Gasteiger partial charge in [0.1, 0.15) is 11.9 Å². The SMILES string of the molecule is CC(C)(C)NC(=O)[C@@H]1C[C@@H]2CCCC[C@@H]2CN1C[C@@H](O)[C@H](Cc1ccccc1)NC(=O)[C@@H](NCc1ccc(F)cc1)C(C)(C)S(C)(=O)=O. The van der Waals surface area contributed by atoms with Gasteiger partial charge >= 0.3 is 0 Å². The summed E-state index contributed by atoms with van der Waals surface area (Å²) in [6.07, 6.45) is 5.60. The minimum atomic E-state index is -3.74. The van der Waals surface area contributed by atoms with Crippen LogP contribution in [0.2, 0.25) is 0 Å². The number of aliphatic hydroxyl groups is 1. The zero-order valence-corrected chi connectivity index (χ0v) is 30.2. The standard InChI is InChI=1S/C37H55FN4O5S/c1-36(2,3)41-34(44)31-21-27-14-10-11-15-28(27)23-42(31)24-32(43)30(20-25-12-8-7-9-13-25)40-35(45)33(37(4,5)48(6,46)47)39-22-26-16-18-29(38)19-17-26/h7-9,12-13,16-19,27-28,30-33,39,43H,10-11,14-15,20-24H2,1-6H3,(H,40,45)(H,41,44)/t27-,28+,30-,31-,32+,33+/m0/s1. The number of sulfone groups is 1. The summed E-state index contributed by atoms with van der Waals surface area (Å²) >= 11 is 0. The Labute approximate surface area is 286 Å². The molecule has 0 bridgehead atoms. The number of hydrogen-bond donors (Lipinski definition) is 4. The van der Waals surface area contributed by atoms with Crippen molar-refractivity contribution < 1.29 is 27.5 Å². The van der Waals surface area contributed by atoms with Crippen LogP contribution in [0.3, 0.4) is 0 Å². The normalized spacial score (nSPS) is 22.6. The molecule has 2 aliphatic rings. The fourth-order valence-corrected chi connectivity index (χ4v) is 7.72. The first kappa shape index (κ1) is 38.0. The van der Waals surface area contributed by atoms with Crippen LogP contribution in [0.25, 0.3) is 0 Å². The topological polar surface area (TPSA) is 128 Å². The lowest BCUT2D eigenvalue weighted by molar-refractivity contribution is -0.133. The molecular formula is C37H55FN4O5S. The Morgan fingerprint density at radius 2 is 1.58 bits per heavy atom. The van der Waals surface area contributed by atoms with Gasteiger partial charge < -0.3 is 21.1 Å². The monoisotopic (exact) mass is 686 g/mol. The van der Waals surface area contributed by atoms with E-state index in [4.69, 9.17) is 0 Å². The maximum atomic E-state index is 14.1. The highest BCUT2D eigenvalue weighted by atomic mass is 32.2. The molecule has 11 heteroatoms. The number of aliphatic hydroxyl groups excluding tert-OH is 1. The summed E-state index contributed by atoms with van der Waals surface area (Å²) in [5.41, 5.74) is 1.18. The van der Waals surface area contributed by atoms with Crippen LogP contribution in [0.5, 0.6) is 0 Å². The Balaban J connectivity index is 1.60. The van der Waals surface area contributed by atoms with E-state index < -0.39 is 56.1 Å². The third kappa shape index (κ3) is 10.1. The number of rotatable bonds is 13. The van der Waals surface area contributed by atoms with Crippen LogP contribution >= 0.6 is 0 Å². The average molecular weight is 687 g/mol. The van der Waals surface area contributed by atoms with E-state index >= 15 is 0 Å². The number of β-amino-alcohol motifs (C(OH)–C–C–N with tert-alkyl or cyclic N) is 1. The molecule has 1 aliphatic heterocycles. The number of nitrogens with zero attached hydrogens (tertiary/aromatic N) is 1. The quantitative estimate of drug-likeness (QED) is 0.251. The van der Waals surface area contributed by atoms with Crippen molar-refractivity contribution in [3.8, 4) is 0 Å². The van der Waals surface area contributed by atoms with Crippen LogP contribution in [0.15, 0.2) is 54.6 Å². The Morgan fingerprint density at radius 1 is 0.958 bits per heavy atom. The lowest BCUT2D eigenvalue weighted by Gasteiger charge is -2.47. The molecule has 0 unspecified atom stereocenters. The molecule has 6 atom stereocenters. The van der Waals surface area contributed by atoms with Gasteiger partial charge in [-0.3, -0.25) is 14.5 Å². The lowest BCUT2D eigenvalue weighted by atomic mass is 9.72. The van der Waals surface area contributed by atoms with Gasteiger partial charge in [-0.2, -0.15) is 0 Å². The number of hydrogen-bond acceptors (Lipinski definition) is 7. The number of piperidine rings is 1. The molecule has 4 N–H and O–H groups in total. The van der Waals surface area contributed by atoms with Gasteiger partial charge in [0.05, 0.1) is 22.9 Å². The first-order chi connectivity index (χ1) is 22.4. The third-order valence-electron chi connectivity index (χ3n) is 10.2. The molecule has 48 heavy (non-hydrogen) atoms. The van der Waals surface area contributed by atoms with E-state index in [1.807, 2.05) is 51.1 Å². The Hall–Kier alpha value is -2.86. The van der Waals surface area contributed by atoms with Gasteiger partial charge in [0, 0.05) is 31.4 Å². The lowest BCUT2D eigenvalue weighted by Crippen LogP contribution is -2.63. The van der Waals surface area contributed by atoms with Crippen molar-refractivity contribution in [3.63, 3.8) is 0 Å². The number of halogens is 1. The van der Waals surface area contributed by atoms with Crippen molar-refractivity contribution in [3.05, 3.63) is 71.5 Å². The number of carbonyl (C=O) groups excluding carboxylic acids is 2. The highest BCUT2D eigenvalue weighted by Gasteiger charge is 2.45. The molecule has 0 radical (unpaired) electrons. The Kier molecular flexibility index (Phi) is 12.5. The summed E-state index contributed by atoms with van der Waals surface area (Å²) < 4.78 is 38.0. The van der Waals surface area contributed by atoms with E-state index in [0.29, 0.717) is 30.4 Å². The maximum Gasteiger partial charge on any atom is 0.239 e. The summed E-state index contributed by atoms with van der Waals surface area (Å²) in [7, 11) is -3.74. The Morgan fingerprint density at radius 3 is 2.19 bits per heavy atom. The van der Waals surface area contributed by atoms with Gasteiger partial charge in [-0.25, -0.2) is 12.8 Å². The van der Waals surface area contributed by atoms with E-state index in [-0.39, 0.29) is 19.0 Å². The second kappa shape index (κ2) is 15.8. The molecule has 1 heterocycles. The number of carbonyl (C=O) groups is 2. The smallest absolute Gasteiger partial charge is 0.239 e. The summed E-state index contributed by atoms with van der Waals surface area (Å²) in [6, 6.07) is 12.9. The van der Waals surface area contributed by atoms with E-state index in [2.05, 4.69) is 20.9 Å². The number of likely N-dealkylation sites (tertiary alicyclic amines) is 1. The first-order valence-electron chi connectivity index (χ1n) is 17.2. The molecular weight excluding hydrogens is 631 g/mol. The fraction of sp³-hybridized carbons (Fsp3) is 0.622. The third-order valence-corrected chi connectivity index (χ3v) is 12.3. The van der Waals surface area contributed by atoms with Crippen LogP contribution in [0.1, 0.15) is 77.8 Å². The summed E-state index contributed by atoms with van der Waals surface area (Å²) in [5.74, 6) is -0.104. The summed E-state index contributed by atoms with van der Waals surface area (Å²) in [6.45, 7) is 9.87. The van der Waals surface area contributed by atoms with Crippen LogP contribution in [-0.4, -0.2) is 84.1 Å². The minimum absolute atomic E-state index is 0.0534. The zero-order chi connectivity index (χ0) is 35.3. The molecule has 0 spiro atoms. The highest BCUT2D eigenvalue weighted by Crippen LogP contribution is 2.39. The first-order valence-corrected chi connectivity index (χ1v) is 19.1. The van der Waals surface area contributed by atoms with Gasteiger partial charge in [0.25, 0.3) is 0 Å². The molecule has 266 valence electrons. The second-order valence-electron chi connectivity index (χ2n) is 15.4. The van der Waals surface area contributed by atoms with Crippen molar-refractivity contribution in [1.29, 1.82) is 0 Å². The molecule has 4 rings (SSSR count). The highest BCUT2D eigenvalue weighted by molar-refractivity contribution is 7.92. The van der Waals surface area contributed by atoms with Crippen molar-refractivity contribution in [2.45, 2.75) is 114 Å². The molecule has 2 amide bonds. The van der Waals surface area contributed by atoms with E-state index in [1.165, 1.54) is 32.4 Å². The van der Waals surface area contributed by atoms with Gasteiger partial charge in [-0.1, -0.05) is 61.7 Å². The molecule has 1 saturated heterocycles. The Bertz CT molecular complexity index is 1480. The van der Waals surface area contributed by atoms with Crippen LogP contribution in [0.4, 0.5) is 4.39 Å². The predicted octanol–water partition coefficient (Wildman–Crippen LogP) is 3.99. The largest absolute Gasteiger partial charge is 0.390 e. The van der Waals surface area contributed by atoms with Gasteiger partial charge in [0.15, 0.2) is 9.84 Å². The number of benzene rings is 2. The van der Waals surface area contributed by atoms with Gasteiger partial charge in [-0.15, -0.1) is 0 Å². The number of nitrogens with one attached hydrogen (secondary N) is 3. The van der Waals surface area contributed by atoms with E-state index in [9.17, 15) is 27.5 Å². The predicted molar refractivity (Wildman–Crippen MR) is 187 cm³/mol. The van der Waals surface area contributed by atoms with Crippen molar-refractivity contribution >= 4 is 21.7 Å². The van der Waals surface area contributed by atoms with Crippen molar-refractivity contribution in [2.24, 2.45) is 11.8 Å². The summed E-state index contributed by atoms with van der Waals surface area (Å²) in [4.78, 5) is 29.9. The maximum absolute atomic E-state index is 14.1. The van der Waals surface area contributed by atoms with Crippen molar-refractivity contribution in [2.75, 3.05) is 19.3 Å². The summed E-state index contributed by atoms with van der Waals surface area (Å²) in [5, 5.41) is 21.2. The van der Waals surface area contributed by atoms with Crippen LogP contribution in [0, 0.1) is 17.7 Å². The molecule has 2 fully saturated rings. The van der Waals surface area contributed by atoms with Crippen LogP contribution in [-0.2, 0) is 32.4 Å². The second-order valence-corrected chi connectivity index (χ2v) is 18.0. The van der Waals surface area contributed by atoms with Gasteiger partial charge in [-0.05, 0) is 89.0 Å². The molecule has 2 aromatic carbocycles.